The molecule has 0 saturated carbocycles. The maximum Gasteiger partial charge on any atom is 0.507 e. The summed E-state index contributed by atoms with van der Waals surface area (Å²) in [6.07, 6.45) is 6.64. The summed E-state index contributed by atoms with van der Waals surface area (Å²) in [4.78, 5) is 27.2. The number of hydrogen-bond acceptors (Lipinski definition) is 12. The van der Waals surface area contributed by atoms with Crippen LogP contribution >= 0.6 is 22.3 Å². The summed E-state index contributed by atoms with van der Waals surface area (Å²) in [6, 6.07) is 33.4. The van der Waals surface area contributed by atoms with Crippen molar-refractivity contribution in [2.24, 2.45) is 5.73 Å². The van der Waals surface area contributed by atoms with Gasteiger partial charge >= 0.3 is 12.2 Å². The van der Waals surface area contributed by atoms with Gasteiger partial charge in [0.1, 0.15) is 13.2 Å². The maximum absolute atomic E-state index is 12.3. The van der Waals surface area contributed by atoms with Gasteiger partial charge in [0.05, 0.1) is 31.7 Å². The van der Waals surface area contributed by atoms with Gasteiger partial charge in [0.25, 0.3) is 16.8 Å². The molecule has 338 valence electrons. The van der Waals surface area contributed by atoms with Crippen LogP contribution in [-0.4, -0.2) is 69.9 Å². The molecule has 62 heavy (non-hydrogen) atoms. The van der Waals surface area contributed by atoms with Crippen molar-refractivity contribution in [2.75, 3.05) is 48.9 Å². The second-order valence-corrected chi connectivity index (χ2v) is 15.9. The van der Waals surface area contributed by atoms with Crippen LogP contribution in [0.4, 0.5) is 21.2 Å². The van der Waals surface area contributed by atoms with E-state index in [9.17, 15) is 33.6 Å². The highest BCUT2D eigenvalue weighted by atomic mass is 35.7. The minimum atomic E-state index is -3.19. The molecule has 0 fully saturated rings. The zero-order chi connectivity index (χ0) is 46.2. The molecule has 0 radical (unpaired) electrons. The van der Waals surface area contributed by atoms with E-state index in [1.165, 1.54) is 40.5 Å². The van der Waals surface area contributed by atoms with Crippen molar-refractivity contribution in [1.82, 2.24) is 0 Å². The quantitative estimate of drug-likeness (QED) is 0.0534. The van der Waals surface area contributed by atoms with Gasteiger partial charge in [-0.05, 0) is 60.3 Å². The monoisotopic (exact) mass is 920 g/mol. The third-order valence-electron chi connectivity index (χ3n) is 7.43. The van der Waals surface area contributed by atoms with Crippen LogP contribution in [0.25, 0.3) is 0 Å². The summed E-state index contributed by atoms with van der Waals surface area (Å²) in [5.41, 5.74) is 6.75. The Bertz CT molecular complexity index is 1950. The highest BCUT2D eigenvalue weighted by Crippen LogP contribution is 2.14. The van der Waals surface area contributed by atoms with Crippen molar-refractivity contribution in [1.29, 1.82) is 0 Å². The first-order valence-electron chi connectivity index (χ1n) is 19.1. The van der Waals surface area contributed by atoms with E-state index in [0.717, 1.165) is 36.6 Å². The van der Waals surface area contributed by atoms with Gasteiger partial charge in [0, 0.05) is 54.6 Å². The number of nitrogens with zero attached hydrogens (tertiary/aromatic N) is 5. The standard InChI is InChI=1S/C17H20N2O3.C16H18N2O4.C5H4ClNO.C3H9NO.CH3ClO2S/c1-2-3-12-18(16-11-7-8-13-19(16)21)17(20)22-14-15-9-5-4-6-10-15;19-12-6-10-17(15-9-4-5-11-18(15)21)16(20)22-13-14-7-2-1-3-8-14;6-5-3-1-2-4-7(5)8;4-2-1-3-5;1-5(2,3)4/h4-11,13H,2-3,12,14H2,1H3;1-5,7-9,11,19H,6,10,12-13H2;1-4H;5H,1-4H2;1H3. The van der Waals surface area contributed by atoms with E-state index >= 15 is 0 Å². The van der Waals surface area contributed by atoms with Crippen LogP contribution in [0.5, 0.6) is 0 Å². The van der Waals surface area contributed by atoms with Crippen molar-refractivity contribution < 1.29 is 51.9 Å². The minimum absolute atomic E-state index is 0.0752. The van der Waals surface area contributed by atoms with Crippen LogP contribution in [0.3, 0.4) is 0 Å². The number of pyridine rings is 3. The Labute approximate surface area is 371 Å². The van der Waals surface area contributed by atoms with Crippen LogP contribution < -0.4 is 29.7 Å². The van der Waals surface area contributed by atoms with E-state index in [1.54, 1.807) is 42.5 Å². The van der Waals surface area contributed by atoms with Gasteiger partial charge in [-0.3, -0.25) is 0 Å². The van der Waals surface area contributed by atoms with Crippen molar-refractivity contribution in [3.05, 3.63) is 166 Å². The number of rotatable bonds is 14. The zero-order valence-corrected chi connectivity index (χ0v) is 36.9. The Kier molecular flexibility index (Phi) is 28.0. The molecule has 0 spiro atoms. The van der Waals surface area contributed by atoms with E-state index < -0.39 is 21.2 Å². The van der Waals surface area contributed by atoms with E-state index in [1.807, 2.05) is 67.6 Å². The predicted molar refractivity (Wildman–Crippen MR) is 237 cm³/mol. The topological polar surface area (TPSA) is 241 Å². The number of benzene rings is 2. The van der Waals surface area contributed by atoms with Gasteiger partial charge in [-0.2, -0.15) is 24.1 Å². The molecule has 0 atom stereocenters. The summed E-state index contributed by atoms with van der Waals surface area (Å²) in [5, 5.41) is 51.2. The maximum atomic E-state index is 12.3. The van der Waals surface area contributed by atoms with Crippen molar-refractivity contribution in [2.45, 2.75) is 45.8 Å². The predicted octanol–water partition coefficient (Wildman–Crippen LogP) is 5.59. The first kappa shape index (κ1) is 54.3. The summed E-state index contributed by atoms with van der Waals surface area (Å²) >= 11 is 5.36. The lowest BCUT2D eigenvalue weighted by Gasteiger charge is -2.18. The first-order valence-corrected chi connectivity index (χ1v) is 22.2. The third-order valence-corrected chi connectivity index (χ3v) is 7.72. The lowest BCUT2D eigenvalue weighted by molar-refractivity contribution is -0.603. The lowest BCUT2D eigenvalue weighted by Crippen LogP contribution is -2.42. The number of hydrogen-bond donors (Lipinski definition) is 3. The van der Waals surface area contributed by atoms with Gasteiger partial charge in [0.15, 0.2) is 6.20 Å². The molecular weight excluding hydrogens is 867 g/mol. The molecule has 5 aromatic rings. The molecule has 3 heterocycles. The molecule has 3 aromatic heterocycles. The number of unbranched alkanes of at least 4 members (excludes halogenated alkanes) is 1. The summed E-state index contributed by atoms with van der Waals surface area (Å²) in [5.74, 6) is 0.461. The molecule has 0 unspecified atom stereocenters. The number of aliphatic hydroxyl groups is 2. The fraction of sp³-hybridized carbons (Fsp3) is 0.310. The lowest BCUT2D eigenvalue weighted by atomic mass is 10.2. The molecule has 17 nitrogen and oxygen atoms in total. The number of carbonyl (C=O) groups excluding carboxylic acids is 2. The van der Waals surface area contributed by atoms with Crippen molar-refractivity contribution >= 4 is 55.2 Å². The molecule has 4 N–H and O–H groups in total. The average molecular weight is 922 g/mol. The normalized spacial score (nSPS) is 10.0. The molecule has 0 bridgehead atoms. The van der Waals surface area contributed by atoms with E-state index in [2.05, 4.69) is 10.7 Å². The second-order valence-electron chi connectivity index (χ2n) is 12.5. The fourth-order valence-electron chi connectivity index (χ4n) is 4.49. The van der Waals surface area contributed by atoms with E-state index in [4.69, 9.17) is 37.0 Å². The largest absolute Gasteiger partial charge is 0.711 e. The fourth-order valence-corrected chi connectivity index (χ4v) is 4.62. The van der Waals surface area contributed by atoms with Gasteiger partial charge in [0.2, 0.25) is 9.05 Å². The molecule has 0 aliphatic heterocycles. The second kappa shape index (κ2) is 32.0. The summed E-state index contributed by atoms with van der Waals surface area (Å²) < 4.78 is 31.3. The third kappa shape index (κ3) is 24.5. The van der Waals surface area contributed by atoms with E-state index in [0.29, 0.717) is 33.7 Å². The number of nitrogens with two attached hydrogens (primary N) is 1. The number of ether oxygens (including phenoxy) is 2. The SMILES string of the molecule is CCCCN(C(=O)OCc1ccccc1)c1cccc[n+]1[O-].CS(=O)(=O)Cl.NCCCO.O=C(OCc1ccccc1)N(CCCO)c1cccc[n+]1[O-].[O-][n+]1ccccc1Cl. The van der Waals surface area contributed by atoms with Crippen LogP contribution in [0.2, 0.25) is 5.15 Å². The molecule has 0 aliphatic carbocycles. The van der Waals surface area contributed by atoms with Crippen LogP contribution in [0.15, 0.2) is 134 Å². The molecule has 0 aliphatic rings. The number of halogens is 2. The Balaban J connectivity index is 0.000000446. The van der Waals surface area contributed by atoms with E-state index in [-0.39, 0.29) is 49.8 Å². The number of anilines is 2. The van der Waals surface area contributed by atoms with Gasteiger partial charge in [-0.15, -0.1) is 0 Å². The Hall–Kier alpha value is -5.76. The number of amides is 2. The summed E-state index contributed by atoms with van der Waals surface area (Å²) in [7, 11) is 1.31. The van der Waals surface area contributed by atoms with Crippen LogP contribution in [-0.2, 0) is 31.7 Å². The smallest absolute Gasteiger partial charge is 0.507 e. The number of aliphatic hydroxyl groups excluding tert-OH is 2. The Morgan fingerprint density at radius 2 is 1.02 bits per heavy atom. The van der Waals surface area contributed by atoms with Crippen molar-refractivity contribution in [3.63, 3.8) is 0 Å². The van der Waals surface area contributed by atoms with Crippen molar-refractivity contribution in [3.8, 4) is 0 Å². The molecule has 2 amide bonds. The van der Waals surface area contributed by atoms with Crippen LogP contribution in [0.1, 0.15) is 43.7 Å². The highest BCUT2D eigenvalue weighted by molar-refractivity contribution is 8.13. The Morgan fingerprint density at radius 3 is 1.32 bits per heavy atom. The zero-order valence-electron chi connectivity index (χ0n) is 34.5. The minimum Gasteiger partial charge on any atom is -0.711 e. The Morgan fingerprint density at radius 1 is 0.645 bits per heavy atom. The van der Waals surface area contributed by atoms with Gasteiger partial charge in [-0.1, -0.05) is 86.1 Å². The average Bonchev–Trinajstić information content (AvgIpc) is 3.26. The summed E-state index contributed by atoms with van der Waals surface area (Å²) in [6.45, 7) is 3.74. The molecular formula is C42H54Cl2N6O11S. The van der Waals surface area contributed by atoms with Crippen LogP contribution in [0, 0.1) is 15.6 Å². The molecule has 2 aromatic carbocycles. The molecule has 20 heteroatoms. The molecule has 5 rings (SSSR count). The van der Waals surface area contributed by atoms with Gasteiger partial charge in [-0.25, -0.2) is 17.9 Å². The van der Waals surface area contributed by atoms with Gasteiger partial charge < -0.3 is 41.0 Å². The highest BCUT2D eigenvalue weighted by Gasteiger charge is 2.28. The molecule has 0 saturated heterocycles. The first-order chi connectivity index (χ1) is 29.7. The number of aromatic nitrogens is 3. The number of carbonyl (C=O) groups is 2.